The first-order valence-electron chi connectivity index (χ1n) is 4.99. The number of carbonyl (C=O) groups is 1. The fraction of sp³-hybridized carbons (Fsp3) is 0.273. The molecule has 0 aromatic heterocycles. The van der Waals surface area contributed by atoms with Crippen molar-refractivity contribution in [2.24, 2.45) is 0 Å². The third-order valence-electron chi connectivity index (χ3n) is 2.55. The second kappa shape index (κ2) is 4.59. The van der Waals surface area contributed by atoms with Gasteiger partial charge in [-0.25, -0.2) is 0 Å². The van der Waals surface area contributed by atoms with Gasteiger partial charge in [-0.15, -0.1) is 0 Å². The number of amides is 1. The fourth-order valence-corrected chi connectivity index (χ4v) is 2.06. The van der Waals surface area contributed by atoms with Crippen LogP contribution in [-0.4, -0.2) is 34.2 Å². The average Bonchev–Trinajstić information content (AvgIpc) is 2.63. The first kappa shape index (κ1) is 11.0. The standard InChI is InChI=1S/C11H12N2O2S/c14-7-9(8-4-2-1-3-5-8)13-10(15)6-12-11(13)16/h1-5,9,14H,6-7H2,(H,12,16). The number of carbonyl (C=O) groups excluding carboxylic acids is 1. The second-order valence-electron chi connectivity index (χ2n) is 3.53. The van der Waals surface area contributed by atoms with E-state index in [1.807, 2.05) is 30.3 Å². The first-order valence-corrected chi connectivity index (χ1v) is 5.40. The van der Waals surface area contributed by atoms with Crippen LogP contribution >= 0.6 is 12.2 Å². The maximum atomic E-state index is 11.6. The summed E-state index contributed by atoms with van der Waals surface area (Å²) >= 11 is 5.04. The van der Waals surface area contributed by atoms with Crippen LogP contribution in [0.25, 0.3) is 0 Å². The summed E-state index contributed by atoms with van der Waals surface area (Å²) in [6.45, 7) is 0.0692. The lowest BCUT2D eigenvalue weighted by Crippen LogP contribution is -2.36. The zero-order chi connectivity index (χ0) is 11.5. The van der Waals surface area contributed by atoms with E-state index in [2.05, 4.69) is 5.32 Å². The molecule has 4 nitrogen and oxygen atoms in total. The van der Waals surface area contributed by atoms with Gasteiger partial charge in [0.05, 0.1) is 19.2 Å². The molecule has 1 aliphatic heterocycles. The lowest BCUT2D eigenvalue weighted by molar-refractivity contribution is -0.126. The van der Waals surface area contributed by atoms with Gasteiger partial charge in [0.25, 0.3) is 0 Å². The molecule has 1 aliphatic rings. The van der Waals surface area contributed by atoms with Crippen LogP contribution in [0.2, 0.25) is 0 Å². The van der Waals surface area contributed by atoms with E-state index in [1.54, 1.807) is 0 Å². The highest BCUT2D eigenvalue weighted by molar-refractivity contribution is 7.80. The van der Waals surface area contributed by atoms with E-state index in [9.17, 15) is 9.90 Å². The summed E-state index contributed by atoms with van der Waals surface area (Å²) < 4.78 is 0. The molecule has 0 aliphatic carbocycles. The number of aliphatic hydroxyl groups is 1. The van der Waals surface area contributed by atoms with Crippen molar-refractivity contribution < 1.29 is 9.90 Å². The molecule has 0 bridgehead atoms. The van der Waals surface area contributed by atoms with Crippen molar-refractivity contribution in [2.45, 2.75) is 6.04 Å². The molecule has 5 heteroatoms. The van der Waals surface area contributed by atoms with Crippen molar-refractivity contribution in [3.8, 4) is 0 Å². The van der Waals surface area contributed by atoms with E-state index in [0.29, 0.717) is 5.11 Å². The van der Waals surface area contributed by atoms with Crippen molar-refractivity contribution in [2.75, 3.05) is 13.2 Å². The number of rotatable bonds is 3. The Morgan fingerprint density at radius 2 is 2.12 bits per heavy atom. The Labute approximate surface area is 98.9 Å². The van der Waals surface area contributed by atoms with Crippen molar-refractivity contribution in [3.63, 3.8) is 0 Å². The Hall–Kier alpha value is -1.46. The van der Waals surface area contributed by atoms with Gasteiger partial charge in [-0.2, -0.15) is 0 Å². The second-order valence-corrected chi connectivity index (χ2v) is 3.92. The Morgan fingerprint density at radius 1 is 1.44 bits per heavy atom. The molecule has 1 unspecified atom stereocenters. The number of thiocarbonyl (C=S) groups is 1. The highest BCUT2D eigenvalue weighted by Gasteiger charge is 2.32. The van der Waals surface area contributed by atoms with Gasteiger partial charge in [0.15, 0.2) is 5.11 Å². The monoisotopic (exact) mass is 236 g/mol. The molecule has 1 heterocycles. The predicted octanol–water partition coefficient (Wildman–Crippen LogP) is 0.437. The van der Waals surface area contributed by atoms with Crippen LogP contribution in [0.5, 0.6) is 0 Å². The maximum absolute atomic E-state index is 11.6. The van der Waals surface area contributed by atoms with Crippen LogP contribution in [-0.2, 0) is 4.79 Å². The third-order valence-corrected chi connectivity index (χ3v) is 2.89. The molecule has 1 amide bonds. The lowest BCUT2D eigenvalue weighted by Gasteiger charge is -2.25. The largest absolute Gasteiger partial charge is 0.394 e. The van der Waals surface area contributed by atoms with E-state index >= 15 is 0 Å². The van der Waals surface area contributed by atoms with E-state index < -0.39 is 6.04 Å². The Kier molecular flexibility index (Phi) is 3.17. The highest BCUT2D eigenvalue weighted by atomic mass is 32.1. The Morgan fingerprint density at radius 3 is 2.62 bits per heavy atom. The molecule has 1 aromatic rings. The first-order chi connectivity index (χ1) is 7.74. The number of aliphatic hydroxyl groups excluding tert-OH is 1. The minimum absolute atomic E-state index is 0.104. The van der Waals surface area contributed by atoms with E-state index in [4.69, 9.17) is 12.2 Å². The molecule has 1 saturated heterocycles. The minimum atomic E-state index is -0.392. The molecule has 1 fully saturated rings. The number of hydrogen-bond acceptors (Lipinski definition) is 3. The summed E-state index contributed by atoms with van der Waals surface area (Å²) in [5.41, 5.74) is 0.879. The quantitative estimate of drug-likeness (QED) is 0.748. The van der Waals surface area contributed by atoms with E-state index in [0.717, 1.165) is 5.56 Å². The molecule has 1 aromatic carbocycles. The number of nitrogens with one attached hydrogen (secondary N) is 1. The summed E-state index contributed by atoms with van der Waals surface area (Å²) in [4.78, 5) is 13.1. The maximum Gasteiger partial charge on any atom is 0.248 e. The Bertz CT molecular complexity index is 392. The molecule has 0 spiro atoms. The van der Waals surface area contributed by atoms with Gasteiger partial charge in [0, 0.05) is 0 Å². The van der Waals surface area contributed by atoms with Crippen molar-refractivity contribution in [1.82, 2.24) is 10.2 Å². The predicted molar refractivity (Wildman–Crippen MR) is 63.7 cm³/mol. The molecule has 0 radical (unpaired) electrons. The molecular formula is C11H12N2O2S. The van der Waals surface area contributed by atoms with Crippen LogP contribution in [0.3, 0.4) is 0 Å². The zero-order valence-electron chi connectivity index (χ0n) is 8.59. The molecule has 84 valence electrons. The minimum Gasteiger partial charge on any atom is -0.394 e. The van der Waals surface area contributed by atoms with Crippen molar-refractivity contribution >= 4 is 23.2 Å². The number of nitrogens with zero attached hydrogens (tertiary/aromatic N) is 1. The van der Waals surface area contributed by atoms with Gasteiger partial charge in [-0.3, -0.25) is 9.69 Å². The molecule has 2 rings (SSSR count). The summed E-state index contributed by atoms with van der Waals surface area (Å²) in [5.74, 6) is -0.104. The molecule has 16 heavy (non-hydrogen) atoms. The fourth-order valence-electron chi connectivity index (χ4n) is 1.76. The molecular weight excluding hydrogens is 224 g/mol. The summed E-state index contributed by atoms with van der Waals surface area (Å²) in [6.07, 6.45) is 0. The Balaban J connectivity index is 2.29. The normalized spacial score (nSPS) is 17.4. The van der Waals surface area contributed by atoms with Gasteiger partial charge in [0.2, 0.25) is 5.91 Å². The summed E-state index contributed by atoms with van der Waals surface area (Å²) in [5, 5.41) is 12.6. The van der Waals surface area contributed by atoms with Gasteiger partial charge < -0.3 is 10.4 Å². The van der Waals surface area contributed by atoms with Crippen molar-refractivity contribution in [3.05, 3.63) is 35.9 Å². The smallest absolute Gasteiger partial charge is 0.248 e. The van der Waals surface area contributed by atoms with Crippen LogP contribution in [0.1, 0.15) is 11.6 Å². The number of benzene rings is 1. The average molecular weight is 236 g/mol. The van der Waals surface area contributed by atoms with Crippen LogP contribution in [0.4, 0.5) is 0 Å². The highest BCUT2D eigenvalue weighted by Crippen LogP contribution is 2.22. The van der Waals surface area contributed by atoms with E-state index in [-0.39, 0.29) is 19.1 Å². The topological polar surface area (TPSA) is 52.6 Å². The van der Waals surface area contributed by atoms with Crippen LogP contribution in [0, 0.1) is 0 Å². The molecule has 1 atom stereocenters. The van der Waals surface area contributed by atoms with Gasteiger partial charge >= 0.3 is 0 Å². The number of hydrogen-bond donors (Lipinski definition) is 2. The zero-order valence-corrected chi connectivity index (χ0v) is 9.41. The van der Waals surface area contributed by atoms with Gasteiger partial charge in [-0.1, -0.05) is 30.3 Å². The summed E-state index contributed by atoms with van der Waals surface area (Å²) in [7, 11) is 0. The van der Waals surface area contributed by atoms with Crippen molar-refractivity contribution in [1.29, 1.82) is 0 Å². The van der Waals surface area contributed by atoms with Crippen LogP contribution in [0.15, 0.2) is 30.3 Å². The molecule has 0 saturated carbocycles. The lowest BCUT2D eigenvalue weighted by atomic mass is 10.1. The third kappa shape index (κ3) is 1.91. The van der Waals surface area contributed by atoms with E-state index in [1.165, 1.54) is 4.90 Å². The van der Waals surface area contributed by atoms with Crippen LogP contribution < -0.4 is 5.32 Å². The summed E-state index contributed by atoms with van der Waals surface area (Å²) in [6, 6.07) is 8.98. The van der Waals surface area contributed by atoms with Gasteiger partial charge in [0.1, 0.15) is 0 Å². The SMILES string of the molecule is O=C1CNC(=S)N1C(CO)c1ccccc1. The molecule has 2 N–H and O–H groups in total. The van der Waals surface area contributed by atoms with Gasteiger partial charge in [-0.05, 0) is 17.8 Å².